The summed E-state index contributed by atoms with van der Waals surface area (Å²) in [5.74, 6) is 3.16. The summed E-state index contributed by atoms with van der Waals surface area (Å²) in [6.07, 6.45) is 6.88. The van der Waals surface area contributed by atoms with Gasteiger partial charge in [0.05, 0.1) is 0 Å². The molecule has 20 heavy (non-hydrogen) atoms. The summed E-state index contributed by atoms with van der Waals surface area (Å²) in [7, 11) is 0. The summed E-state index contributed by atoms with van der Waals surface area (Å²) in [5.41, 5.74) is 6.09. The van der Waals surface area contributed by atoms with Gasteiger partial charge in [0.15, 0.2) is 0 Å². The van der Waals surface area contributed by atoms with Gasteiger partial charge in [0.1, 0.15) is 0 Å². The summed E-state index contributed by atoms with van der Waals surface area (Å²) in [5, 5.41) is 0. The van der Waals surface area contributed by atoms with Gasteiger partial charge in [-0.25, -0.2) is 0 Å². The van der Waals surface area contributed by atoms with E-state index in [-0.39, 0.29) is 0 Å². The lowest BCUT2D eigenvalue weighted by Crippen LogP contribution is -2.49. The Morgan fingerprint density at radius 1 is 1.05 bits per heavy atom. The van der Waals surface area contributed by atoms with Crippen LogP contribution in [0.25, 0.3) is 0 Å². The molecule has 1 aliphatic rings. The van der Waals surface area contributed by atoms with Crippen molar-refractivity contribution in [2.45, 2.75) is 72.8 Å². The average molecular weight is 283 g/mol. The number of rotatable bonds is 8. The van der Waals surface area contributed by atoms with Gasteiger partial charge in [-0.15, -0.1) is 0 Å². The molecule has 0 aromatic heterocycles. The first-order valence-corrected chi connectivity index (χ1v) is 8.91. The molecule has 2 N–H and O–H groups in total. The van der Waals surface area contributed by atoms with Gasteiger partial charge in [0.25, 0.3) is 0 Å². The van der Waals surface area contributed by atoms with E-state index in [4.69, 9.17) is 5.73 Å². The highest BCUT2D eigenvalue weighted by atomic mass is 15.2. The fourth-order valence-corrected chi connectivity index (χ4v) is 3.97. The summed E-state index contributed by atoms with van der Waals surface area (Å²) < 4.78 is 0. The van der Waals surface area contributed by atoms with Crippen LogP contribution in [0, 0.1) is 23.7 Å². The molecule has 0 heterocycles. The molecule has 0 spiro atoms. The normalized spacial score (nSPS) is 27.8. The highest BCUT2D eigenvalue weighted by molar-refractivity contribution is 4.88. The Balaban J connectivity index is 2.75. The van der Waals surface area contributed by atoms with E-state index in [1.165, 1.54) is 45.2 Å². The van der Waals surface area contributed by atoms with Crippen LogP contribution in [0.5, 0.6) is 0 Å². The first-order chi connectivity index (χ1) is 9.47. The van der Waals surface area contributed by atoms with Crippen molar-refractivity contribution >= 4 is 0 Å². The maximum Gasteiger partial charge on any atom is 0.0138 e. The maximum atomic E-state index is 6.09. The van der Waals surface area contributed by atoms with Crippen molar-refractivity contribution in [1.29, 1.82) is 0 Å². The smallest absolute Gasteiger partial charge is 0.0138 e. The van der Waals surface area contributed by atoms with E-state index in [0.717, 1.165) is 36.3 Å². The molecule has 120 valence electrons. The molecule has 1 rings (SSSR count). The first kappa shape index (κ1) is 18.0. The summed E-state index contributed by atoms with van der Waals surface area (Å²) >= 11 is 0. The predicted molar refractivity (Wildman–Crippen MR) is 89.8 cm³/mol. The Hall–Kier alpha value is -0.0800. The molecule has 3 unspecified atom stereocenters. The zero-order valence-corrected chi connectivity index (χ0v) is 14.6. The molecule has 0 amide bonds. The lowest BCUT2D eigenvalue weighted by molar-refractivity contribution is 0.0605. The lowest BCUT2D eigenvalue weighted by atomic mass is 9.75. The van der Waals surface area contributed by atoms with E-state index in [1.54, 1.807) is 0 Å². The van der Waals surface area contributed by atoms with Crippen molar-refractivity contribution < 1.29 is 0 Å². The Morgan fingerprint density at radius 2 is 1.65 bits per heavy atom. The summed E-state index contributed by atoms with van der Waals surface area (Å²) in [4.78, 5) is 2.77. The van der Waals surface area contributed by atoms with E-state index in [1.807, 2.05) is 0 Å². The molecule has 1 fully saturated rings. The van der Waals surface area contributed by atoms with E-state index in [2.05, 4.69) is 39.5 Å². The van der Waals surface area contributed by atoms with Crippen LogP contribution in [0.15, 0.2) is 0 Å². The van der Waals surface area contributed by atoms with Gasteiger partial charge in [-0.3, -0.25) is 4.90 Å². The number of nitrogens with zero attached hydrogens (tertiary/aromatic N) is 1. The number of nitrogens with two attached hydrogens (primary N) is 1. The van der Waals surface area contributed by atoms with Crippen LogP contribution in [0.3, 0.4) is 0 Å². The second kappa shape index (κ2) is 9.04. The third-order valence-electron chi connectivity index (χ3n) is 4.73. The topological polar surface area (TPSA) is 29.3 Å². The molecule has 2 nitrogen and oxygen atoms in total. The molecule has 1 aliphatic carbocycles. The van der Waals surface area contributed by atoms with Crippen molar-refractivity contribution in [3.05, 3.63) is 0 Å². The maximum absolute atomic E-state index is 6.09. The van der Waals surface area contributed by atoms with E-state index >= 15 is 0 Å². The minimum absolute atomic E-state index is 0.723. The Morgan fingerprint density at radius 3 is 2.10 bits per heavy atom. The van der Waals surface area contributed by atoms with Gasteiger partial charge in [-0.2, -0.15) is 0 Å². The van der Waals surface area contributed by atoms with Crippen molar-refractivity contribution in [2.24, 2.45) is 29.4 Å². The minimum Gasteiger partial charge on any atom is -0.330 e. The van der Waals surface area contributed by atoms with E-state index < -0.39 is 0 Å². The van der Waals surface area contributed by atoms with Crippen LogP contribution in [0.4, 0.5) is 0 Å². The minimum atomic E-state index is 0.723. The zero-order chi connectivity index (χ0) is 15.1. The fraction of sp³-hybridized carbons (Fsp3) is 1.00. The molecular weight excluding hydrogens is 244 g/mol. The molecule has 0 radical (unpaired) electrons. The van der Waals surface area contributed by atoms with Crippen molar-refractivity contribution in [3.8, 4) is 0 Å². The summed E-state index contributed by atoms with van der Waals surface area (Å²) in [6, 6.07) is 0.732. The third-order valence-corrected chi connectivity index (χ3v) is 4.73. The predicted octanol–water partition coefficient (Wildman–Crippen LogP) is 4.14. The highest BCUT2D eigenvalue weighted by Crippen LogP contribution is 2.35. The number of hydrogen-bond acceptors (Lipinski definition) is 2. The van der Waals surface area contributed by atoms with Crippen molar-refractivity contribution in [2.75, 3.05) is 19.6 Å². The average Bonchev–Trinajstić information content (AvgIpc) is 2.37. The fourth-order valence-electron chi connectivity index (χ4n) is 3.97. The molecule has 0 aromatic rings. The van der Waals surface area contributed by atoms with Crippen LogP contribution in [-0.2, 0) is 0 Å². The van der Waals surface area contributed by atoms with Gasteiger partial charge in [-0.05, 0) is 43.1 Å². The van der Waals surface area contributed by atoms with Crippen molar-refractivity contribution in [3.63, 3.8) is 0 Å². The number of hydrogen-bond donors (Lipinski definition) is 1. The molecule has 1 saturated carbocycles. The Kier molecular flexibility index (Phi) is 8.13. The van der Waals surface area contributed by atoms with Crippen LogP contribution in [-0.4, -0.2) is 30.6 Å². The second-order valence-corrected chi connectivity index (χ2v) is 7.77. The molecular formula is C18H38N2. The SMILES string of the molecule is CCCC1CCC(CN)C(N(CC(C)C)CC(C)C)C1. The van der Waals surface area contributed by atoms with Gasteiger partial charge in [0, 0.05) is 19.1 Å². The van der Waals surface area contributed by atoms with Crippen LogP contribution >= 0.6 is 0 Å². The zero-order valence-electron chi connectivity index (χ0n) is 14.6. The molecule has 0 aliphatic heterocycles. The largest absolute Gasteiger partial charge is 0.330 e. The molecule has 2 heteroatoms. The van der Waals surface area contributed by atoms with Crippen LogP contribution in [0.1, 0.15) is 66.7 Å². The Labute approximate surface area is 127 Å². The van der Waals surface area contributed by atoms with E-state index in [0.29, 0.717) is 0 Å². The first-order valence-electron chi connectivity index (χ1n) is 8.91. The monoisotopic (exact) mass is 282 g/mol. The molecule has 3 atom stereocenters. The van der Waals surface area contributed by atoms with E-state index in [9.17, 15) is 0 Å². The van der Waals surface area contributed by atoms with Crippen LogP contribution in [0.2, 0.25) is 0 Å². The lowest BCUT2D eigenvalue weighted by Gasteiger charge is -2.44. The van der Waals surface area contributed by atoms with Crippen molar-refractivity contribution in [1.82, 2.24) is 4.90 Å². The molecule has 0 bridgehead atoms. The summed E-state index contributed by atoms with van der Waals surface area (Å²) in [6.45, 7) is 15.0. The molecule has 0 aromatic carbocycles. The van der Waals surface area contributed by atoms with Gasteiger partial charge in [-0.1, -0.05) is 53.9 Å². The van der Waals surface area contributed by atoms with Crippen LogP contribution < -0.4 is 5.73 Å². The van der Waals surface area contributed by atoms with Gasteiger partial charge < -0.3 is 5.73 Å². The second-order valence-electron chi connectivity index (χ2n) is 7.77. The van der Waals surface area contributed by atoms with Gasteiger partial charge >= 0.3 is 0 Å². The molecule has 0 saturated heterocycles. The standard InChI is InChI=1S/C18H38N2/c1-6-7-16-8-9-17(11-19)18(10-16)20(12-14(2)3)13-15(4)5/h14-18H,6-13,19H2,1-5H3. The Bertz CT molecular complexity index is 240. The third kappa shape index (κ3) is 5.73. The van der Waals surface area contributed by atoms with Gasteiger partial charge in [0.2, 0.25) is 0 Å². The highest BCUT2D eigenvalue weighted by Gasteiger charge is 2.33. The quantitative estimate of drug-likeness (QED) is 0.725.